The van der Waals surface area contributed by atoms with Crippen molar-refractivity contribution in [3.63, 3.8) is 0 Å². The number of nitrogens with zero attached hydrogens (tertiary/aromatic N) is 4. The minimum Gasteiger partial charge on any atom is -0.417 e. The topological polar surface area (TPSA) is 78.3 Å². The molecule has 0 bridgehead atoms. The number of hydrogen-bond donors (Lipinski definition) is 0. The standard InChI is InChI=1S/C32H54N4O2Si/c1-23-12-13-27-26(20-34-35-33)28(14-15-31(23,27)5)32(6)19-24(21-36-16-10-9-11-17-36)29(37)18-25(32)22-38-39(7,8)30(2,3)4/h21,25-28H,1,9-20,22H2,2-8H3/b24-21+/t25-,26+,27+,28+,31-,32+/m1/s1. The summed E-state index contributed by atoms with van der Waals surface area (Å²) in [5.41, 5.74) is 11.8. The van der Waals surface area contributed by atoms with E-state index >= 15 is 0 Å². The fourth-order valence-electron chi connectivity index (χ4n) is 8.23. The molecular weight excluding hydrogens is 500 g/mol. The van der Waals surface area contributed by atoms with Crippen molar-refractivity contribution in [2.24, 2.45) is 39.6 Å². The number of carbonyl (C=O) groups is 1. The van der Waals surface area contributed by atoms with Gasteiger partial charge in [0.05, 0.1) is 0 Å². The first-order chi connectivity index (χ1) is 18.2. The van der Waals surface area contributed by atoms with Gasteiger partial charge in [-0.3, -0.25) is 4.79 Å². The number of rotatable bonds is 7. The zero-order chi connectivity index (χ0) is 28.6. The number of allylic oxidation sites excluding steroid dienone is 2. The first-order valence-electron chi connectivity index (χ1n) is 15.5. The minimum atomic E-state index is -1.97. The van der Waals surface area contributed by atoms with E-state index in [0.29, 0.717) is 43.1 Å². The number of likely N-dealkylation sites (tertiary alicyclic amines) is 1. The Morgan fingerprint density at radius 1 is 1.18 bits per heavy atom. The molecule has 1 saturated heterocycles. The van der Waals surface area contributed by atoms with E-state index in [4.69, 9.17) is 4.43 Å². The van der Waals surface area contributed by atoms with Gasteiger partial charge >= 0.3 is 0 Å². The predicted octanol–water partition coefficient (Wildman–Crippen LogP) is 8.67. The van der Waals surface area contributed by atoms with E-state index in [2.05, 4.69) is 75.4 Å². The van der Waals surface area contributed by atoms with Crippen LogP contribution in [0.1, 0.15) is 92.4 Å². The molecule has 0 aromatic carbocycles. The van der Waals surface area contributed by atoms with Crippen LogP contribution in [0.5, 0.6) is 0 Å². The van der Waals surface area contributed by atoms with Gasteiger partial charge in [0.2, 0.25) is 0 Å². The molecule has 39 heavy (non-hydrogen) atoms. The van der Waals surface area contributed by atoms with Gasteiger partial charge < -0.3 is 9.33 Å². The van der Waals surface area contributed by atoms with Crippen LogP contribution in [-0.4, -0.2) is 45.2 Å². The number of hydrogen-bond acceptors (Lipinski definition) is 4. The molecule has 4 fully saturated rings. The molecule has 6 nitrogen and oxygen atoms in total. The lowest BCUT2D eigenvalue weighted by Crippen LogP contribution is -2.53. The third kappa shape index (κ3) is 5.92. The van der Waals surface area contributed by atoms with E-state index in [1.54, 1.807) is 0 Å². The summed E-state index contributed by atoms with van der Waals surface area (Å²) >= 11 is 0. The Hall–Kier alpha value is -1.56. The van der Waals surface area contributed by atoms with Crippen LogP contribution in [0, 0.1) is 34.5 Å². The zero-order valence-electron chi connectivity index (χ0n) is 25.9. The average Bonchev–Trinajstić information content (AvgIpc) is 3.18. The highest BCUT2D eigenvalue weighted by molar-refractivity contribution is 6.74. The fraction of sp³-hybridized carbons (Fsp3) is 0.844. The summed E-state index contributed by atoms with van der Waals surface area (Å²) in [6.07, 6.45) is 11.7. The third-order valence-corrected chi connectivity index (χ3v) is 16.6. The van der Waals surface area contributed by atoms with E-state index < -0.39 is 8.32 Å². The molecular formula is C32H54N4O2Si. The quantitative estimate of drug-likeness (QED) is 0.0788. The van der Waals surface area contributed by atoms with Crippen molar-refractivity contribution in [1.29, 1.82) is 0 Å². The summed E-state index contributed by atoms with van der Waals surface area (Å²) in [6.45, 7) is 24.1. The van der Waals surface area contributed by atoms with E-state index in [0.717, 1.165) is 50.8 Å². The van der Waals surface area contributed by atoms with E-state index in [-0.39, 0.29) is 21.8 Å². The molecule has 0 aromatic rings. The fourth-order valence-corrected chi connectivity index (χ4v) is 9.28. The number of Topliss-reactive ketones (excluding diaryl/α,β-unsaturated/α-hetero) is 1. The van der Waals surface area contributed by atoms with E-state index in [1.165, 1.54) is 24.8 Å². The van der Waals surface area contributed by atoms with Crippen LogP contribution >= 0.6 is 0 Å². The van der Waals surface area contributed by atoms with Crippen LogP contribution in [0.2, 0.25) is 18.1 Å². The maximum Gasteiger partial charge on any atom is 0.191 e. The maximum atomic E-state index is 13.7. The van der Waals surface area contributed by atoms with Gasteiger partial charge in [0.15, 0.2) is 14.1 Å². The Morgan fingerprint density at radius 3 is 2.51 bits per heavy atom. The second kappa shape index (κ2) is 11.4. The van der Waals surface area contributed by atoms with Gasteiger partial charge in [0, 0.05) is 49.3 Å². The monoisotopic (exact) mass is 554 g/mol. The lowest BCUT2D eigenvalue weighted by atomic mass is 9.49. The number of ketones is 1. The van der Waals surface area contributed by atoms with Gasteiger partial charge in [0.1, 0.15) is 0 Å². The zero-order valence-corrected chi connectivity index (χ0v) is 26.9. The van der Waals surface area contributed by atoms with Crippen molar-refractivity contribution in [1.82, 2.24) is 4.90 Å². The van der Waals surface area contributed by atoms with E-state index in [1.807, 2.05) is 0 Å². The van der Waals surface area contributed by atoms with Crippen molar-refractivity contribution in [2.45, 2.75) is 111 Å². The average molecular weight is 555 g/mol. The van der Waals surface area contributed by atoms with Crippen LogP contribution < -0.4 is 0 Å². The molecule has 4 aliphatic rings. The predicted molar refractivity (Wildman–Crippen MR) is 163 cm³/mol. The molecule has 0 unspecified atom stereocenters. The molecule has 3 aliphatic carbocycles. The van der Waals surface area contributed by atoms with E-state index in [9.17, 15) is 10.3 Å². The van der Waals surface area contributed by atoms with Crippen molar-refractivity contribution in [3.8, 4) is 0 Å². The largest absolute Gasteiger partial charge is 0.417 e. The van der Waals surface area contributed by atoms with Crippen molar-refractivity contribution in [3.05, 3.63) is 34.4 Å². The third-order valence-electron chi connectivity index (χ3n) is 12.1. The maximum absolute atomic E-state index is 13.7. The van der Waals surface area contributed by atoms with Gasteiger partial charge in [-0.25, -0.2) is 0 Å². The van der Waals surface area contributed by atoms with Gasteiger partial charge in [-0.2, -0.15) is 0 Å². The summed E-state index contributed by atoms with van der Waals surface area (Å²) in [5.74, 6) is 1.66. The van der Waals surface area contributed by atoms with Gasteiger partial charge in [-0.15, -0.1) is 0 Å². The number of carbonyl (C=O) groups excluding carboxylic acids is 1. The van der Waals surface area contributed by atoms with Crippen LogP contribution in [-0.2, 0) is 9.22 Å². The SMILES string of the molecule is C=C1CC[C@H]2[C@H](CN=[N+]=[N-])[C@@H]([C@@]3(C)C/C(=C\N4CCCCC4)C(=O)C[C@@H]3CO[Si](C)(C)C(C)(C)C)CC[C@]12C. The van der Waals surface area contributed by atoms with Crippen LogP contribution in [0.25, 0.3) is 10.4 Å². The Kier molecular flexibility index (Phi) is 8.86. The summed E-state index contributed by atoms with van der Waals surface area (Å²) in [6, 6.07) is 0. The van der Waals surface area contributed by atoms with Crippen molar-refractivity contribution < 1.29 is 9.22 Å². The Balaban J connectivity index is 1.70. The molecule has 1 aliphatic heterocycles. The van der Waals surface area contributed by atoms with Gasteiger partial charge in [-0.1, -0.05) is 51.9 Å². The number of fused-ring (bicyclic) bond motifs is 1. The first kappa shape index (κ1) is 30.4. The molecule has 1 heterocycles. The molecule has 0 radical (unpaired) electrons. The second-order valence-electron chi connectivity index (χ2n) is 15.2. The van der Waals surface area contributed by atoms with Crippen LogP contribution in [0.4, 0.5) is 0 Å². The molecule has 0 aromatic heterocycles. The first-order valence-corrected chi connectivity index (χ1v) is 18.4. The summed E-state index contributed by atoms with van der Waals surface area (Å²) in [5, 5.41) is 4.32. The van der Waals surface area contributed by atoms with Crippen LogP contribution in [0.3, 0.4) is 0 Å². The second-order valence-corrected chi connectivity index (χ2v) is 20.0. The summed E-state index contributed by atoms with van der Waals surface area (Å²) in [7, 11) is -1.97. The molecule has 4 rings (SSSR count). The normalized spacial score (nSPS) is 37.1. The molecule has 7 heteroatoms. The van der Waals surface area contributed by atoms with Gasteiger partial charge in [0.25, 0.3) is 0 Å². The molecule has 0 amide bonds. The Bertz CT molecular complexity index is 1020. The Labute approximate surface area is 238 Å². The van der Waals surface area contributed by atoms with Crippen molar-refractivity contribution in [2.75, 3.05) is 26.2 Å². The highest BCUT2D eigenvalue weighted by Gasteiger charge is 2.57. The molecule has 6 atom stereocenters. The lowest BCUT2D eigenvalue weighted by Gasteiger charge is -2.56. The molecule has 218 valence electrons. The van der Waals surface area contributed by atoms with Gasteiger partial charge in [-0.05, 0) is 110 Å². The van der Waals surface area contributed by atoms with Crippen molar-refractivity contribution >= 4 is 14.1 Å². The highest BCUT2D eigenvalue weighted by Crippen LogP contribution is 2.63. The van der Waals surface area contributed by atoms with Crippen LogP contribution in [0.15, 0.2) is 29.0 Å². The highest BCUT2D eigenvalue weighted by atomic mass is 28.4. The summed E-state index contributed by atoms with van der Waals surface area (Å²) < 4.78 is 6.85. The Morgan fingerprint density at radius 2 is 1.87 bits per heavy atom. The molecule has 3 saturated carbocycles. The lowest BCUT2D eigenvalue weighted by molar-refractivity contribution is -0.125. The minimum absolute atomic E-state index is 0.0845. The smallest absolute Gasteiger partial charge is 0.191 e. The number of piperidine rings is 1. The summed E-state index contributed by atoms with van der Waals surface area (Å²) in [4.78, 5) is 19.3. The molecule has 0 N–H and O–H groups in total. The number of azide groups is 1. The molecule has 0 spiro atoms.